The first-order chi connectivity index (χ1) is 6.88. The average molecular weight is 234 g/mol. The SMILES string of the molecule is CCC(C#N)S(=O)(=O)NC(C)C(=O)OC. The molecule has 2 atom stereocenters. The van der Waals surface area contributed by atoms with Crippen molar-refractivity contribution in [2.45, 2.75) is 31.6 Å². The van der Waals surface area contributed by atoms with Crippen molar-refractivity contribution in [2.24, 2.45) is 0 Å². The highest BCUT2D eigenvalue weighted by molar-refractivity contribution is 7.90. The van der Waals surface area contributed by atoms with Crippen LogP contribution in [0.25, 0.3) is 0 Å². The van der Waals surface area contributed by atoms with E-state index in [1.807, 2.05) is 0 Å². The first-order valence-corrected chi connectivity index (χ1v) is 5.92. The van der Waals surface area contributed by atoms with Crippen molar-refractivity contribution in [1.29, 1.82) is 5.26 Å². The first-order valence-electron chi connectivity index (χ1n) is 4.37. The largest absolute Gasteiger partial charge is 0.468 e. The number of methoxy groups -OCH3 is 1. The number of nitriles is 1. The monoisotopic (exact) mass is 234 g/mol. The highest BCUT2D eigenvalue weighted by Crippen LogP contribution is 2.04. The van der Waals surface area contributed by atoms with Gasteiger partial charge in [0.15, 0.2) is 5.25 Å². The summed E-state index contributed by atoms with van der Waals surface area (Å²) in [6, 6.07) is 0.668. The summed E-state index contributed by atoms with van der Waals surface area (Å²) in [7, 11) is -2.63. The van der Waals surface area contributed by atoms with Crippen LogP contribution in [0.5, 0.6) is 0 Å². The van der Waals surface area contributed by atoms with E-state index in [0.717, 1.165) is 7.11 Å². The van der Waals surface area contributed by atoms with Gasteiger partial charge in [-0.15, -0.1) is 0 Å². The molecular formula is C8H14N2O4S. The Bertz CT molecular complexity index is 357. The third-order valence-corrected chi connectivity index (χ3v) is 3.66. The molecule has 0 aromatic carbocycles. The third kappa shape index (κ3) is 3.85. The lowest BCUT2D eigenvalue weighted by molar-refractivity contribution is -0.142. The normalized spacial score (nSPS) is 15.1. The number of nitrogens with zero attached hydrogens (tertiary/aromatic N) is 1. The van der Waals surface area contributed by atoms with Crippen molar-refractivity contribution in [3.63, 3.8) is 0 Å². The third-order valence-electron chi connectivity index (χ3n) is 1.79. The predicted molar refractivity (Wildman–Crippen MR) is 53.2 cm³/mol. The molecule has 15 heavy (non-hydrogen) atoms. The lowest BCUT2D eigenvalue weighted by Crippen LogP contribution is -2.43. The topological polar surface area (TPSA) is 96.3 Å². The number of ether oxygens (including phenoxy) is 1. The van der Waals surface area contributed by atoms with Gasteiger partial charge in [-0.2, -0.15) is 5.26 Å². The van der Waals surface area contributed by atoms with Gasteiger partial charge in [0.2, 0.25) is 10.0 Å². The summed E-state index contributed by atoms with van der Waals surface area (Å²) in [6.45, 7) is 2.93. The Balaban J connectivity index is 4.66. The molecule has 0 rings (SSSR count). The Morgan fingerprint density at radius 1 is 1.60 bits per heavy atom. The fraction of sp³-hybridized carbons (Fsp3) is 0.750. The van der Waals surface area contributed by atoms with Crippen molar-refractivity contribution >= 4 is 16.0 Å². The number of nitrogens with one attached hydrogen (secondary N) is 1. The van der Waals surface area contributed by atoms with Crippen molar-refractivity contribution < 1.29 is 17.9 Å². The summed E-state index contributed by atoms with van der Waals surface area (Å²) in [5.74, 6) is -0.689. The Morgan fingerprint density at radius 2 is 2.13 bits per heavy atom. The van der Waals surface area contributed by atoms with Crippen LogP contribution in [0, 0.1) is 11.3 Å². The van der Waals surface area contributed by atoms with Crippen molar-refractivity contribution in [3.8, 4) is 6.07 Å². The van der Waals surface area contributed by atoms with Gasteiger partial charge in [-0.25, -0.2) is 13.1 Å². The van der Waals surface area contributed by atoms with Crippen LogP contribution in [0.15, 0.2) is 0 Å². The molecule has 0 fully saturated rings. The summed E-state index contributed by atoms with van der Waals surface area (Å²) < 4.78 is 29.4. The lowest BCUT2D eigenvalue weighted by atomic mass is 10.4. The molecule has 0 aliphatic carbocycles. The molecule has 0 saturated heterocycles. The summed E-state index contributed by atoms with van der Waals surface area (Å²) in [5.41, 5.74) is 0. The van der Waals surface area contributed by atoms with Crippen LogP contribution in [0.4, 0.5) is 0 Å². The first kappa shape index (κ1) is 13.9. The van der Waals surface area contributed by atoms with E-state index in [-0.39, 0.29) is 6.42 Å². The van der Waals surface area contributed by atoms with Crippen LogP contribution >= 0.6 is 0 Å². The number of rotatable bonds is 5. The Labute approximate surface area is 89.3 Å². The molecule has 0 aliphatic heterocycles. The molecule has 0 radical (unpaired) electrons. The number of esters is 1. The molecule has 2 unspecified atom stereocenters. The van der Waals surface area contributed by atoms with Crippen LogP contribution in [0.3, 0.4) is 0 Å². The molecule has 0 aromatic rings. The smallest absolute Gasteiger partial charge is 0.323 e. The number of carbonyl (C=O) groups is 1. The molecule has 6 nitrogen and oxygen atoms in total. The van der Waals surface area contributed by atoms with Gasteiger partial charge < -0.3 is 4.74 Å². The van der Waals surface area contributed by atoms with E-state index in [4.69, 9.17) is 5.26 Å². The van der Waals surface area contributed by atoms with Crippen LogP contribution in [0.1, 0.15) is 20.3 Å². The highest BCUT2D eigenvalue weighted by Gasteiger charge is 2.27. The zero-order valence-corrected chi connectivity index (χ0v) is 9.67. The minimum atomic E-state index is -3.79. The molecule has 0 aromatic heterocycles. The van der Waals surface area contributed by atoms with Crippen molar-refractivity contribution in [3.05, 3.63) is 0 Å². The van der Waals surface area contributed by atoms with Crippen LogP contribution in [-0.4, -0.2) is 32.8 Å². The second kappa shape index (κ2) is 5.68. The molecule has 0 bridgehead atoms. The molecule has 7 heteroatoms. The number of sulfonamides is 1. The van der Waals surface area contributed by atoms with E-state index in [0.29, 0.717) is 0 Å². The maximum absolute atomic E-state index is 11.5. The van der Waals surface area contributed by atoms with E-state index in [9.17, 15) is 13.2 Å². The van der Waals surface area contributed by atoms with Crippen molar-refractivity contribution in [1.82, 2.24) is 4.72 Å². The van der Waals surface area contributed by atoms with Crippen LogP contribution in [0.2, 0.25) is 0 Å². The van der Waals surface area contributed by atoms with Crippen LogP contribution < -0.4 is 4.72 Å². The fourth-order valence-corrected chi connectivity index (χ4v) is 2.26. The van der Waals surface area contributed by atoms with Gasteiger partial charge in [0.1, 0.15) is 6.04 Å². The summed E-state index contributed by atoms with van der Waals surface area (Å²) >= 11 is 0. The molecule has 0 aliphatic rings. The molecular weight excluding hydrogens is 220 g/mol. The standard InChI is InChI=1S/C8H14N2O4S/c1-4-7(5-9)15(12,13)10-6(2)8(11)14-3/h6-7,10H,4H2,1-3H3. The van der Waals surface area contributed by atoms with Gasteiger partial charge >= 0.3 is 5.97 Å². The number of hydrogen-bond donors (Lipinski definition) is 1. The second-order valence-corrected chi connectivity index (χ2v) is 4.83. The Morgan fingerprint density at radius 3 is 2.47 bits per heavy atom. The van der Waals surface area contributed by atoms with Gasteiger partial charge in [0.05, 0.1) is 13.2 Å². The van der Waals surface area contributed by atoms with E-state index >= 15 is 0 Å². The zero-order chi connectivity index (χ0) is 12.1. The van der Waals surface area contributed by atoms with E-state index in [1.165, 1.54) is 6.92 Å². The predicted octanol–water partition coefficient (Wildman–Crippen LogP) is -0.231. The van der Waals surface area contributed by atoms with E-state index in [2.05, 4.69) is 9.46 Å². The van der Waals surface area contributed by atoms with E-state index < -0.39 is 27.3 Å². The minimum absolute atomic E-state index is 0.166. The second-order valence-electron chi connectivity index (χ2n) is 2.93. The summed E-state index contributed by atoms with van der Waals surface area (Å²) in [4.78, 5) is 11.0. The average Bonchev–Trinajstić information content (AvgIpc) is 2.17. The molecule has 0 amide bonds. The zero-order valence-electron chi connectivity index (χ0n) is 8.85. The molecule has 1 N–H and O–H groups in total. The summed E-state index contributed by atoms with van der Waals surface area (Å²) in [5, 5.41) is 7.44. The fourth-order valence-electron chi connectivity index (χ4n) is 0.934. The molecule has 86 valence electrons. The van der Waals surface area contributed by atoms with Gasteiger partial charge in [-0.1, -0.05) is 6.92 Å². The molecule has 0 saturated carbocycles. The van der Waals surface area contributed by atoms with Gasteiger partial charge in [-0.3, -0.25) is 4.79 Å². The van der Waals surface area contributed by atoms with E-state index in [1.54, 1.807) is 13.0 Å². The highest BCUT2D eigenvalue weighted by atomic mass is 32.2. The quantitative estimate of drug-likeness (QED) is 0.663. The maximum Gasteiger partial charge on any atom is 0.323 e. The van der Waals surface area contributed by atoms with Gasteiger partial charge in [0.25, 0.3) is 0 Å². The Kier molecular flexibility index (Phi) is 5.25. The molecule has 0 spiro atoms. The van der Waals surface area contributed by atoms with Crippen molar-refractivity contribution in [2.75, 3.05) is 7.11 Å². The minimum Gasteiger partial charge on any atom is -0.468 e. The number of carbonyl (C=O) groups excluding carboxylic acids is 1. The Hall–Kier alpha value is -1.13. The lowest BCUT2D eigenvalue weighted by Gasteiger charge is -2.14. The maximum atomic E-state index is 11.5. The molecule has 0 heterocycles. The van der Waals surface area contributed by atoms with Gasteiger partial charge in [0, 0.05) is 0 Å². The number of hydrogen-bond acceptors (Lipinski definition) is 5. The summed E-state index contributed by atoms with van der Waals surface area (Å²) in [6.07, 6.45) is 0.166. The van der Waals surface area contributed by atoms with Gasteiger partial charge in [-0.05, 0) is 13.3 Å². The van der Waals surface area contributed by atoms with Crippen LogP contribution in [-0.2, 0) is 19.6 Å².